The van der Waals surface area contributed by atoms with E-state index in [1.54, 1.807) is 36.5 Å². The van der Waals surface area contributed by atoms with Gasteiger partial charge in [-0.15, -0.1) is 11.3 Å². The number of rotatable bonds is 4. The highest BCUT2D eigenvalue weighted by molar-refractivity contribution is 7.10. The number of pyridine rings is 1. The van der Waals surface area contributed by atoms with Crippen LogP contribution >= 0.6 is 11.3 Å². The van der Waals surface area contributed by atoms with Crippen LogP contribution in [0.4, 0.5) is 4.39 Å². The van der Waals surface area contributed by atoms with Crippen molar-refractivity contribution >= 4 is 17.2 Å². The number of benzene rings is 1. The van der Waals surface area contributed by atoms with Gasteiger partial charge in [-0.05, 0) is 47.2 Å². The lowest BCUT2D eigenvalue weighted by Gasteiger charge is -2.37. The van der Waals surface area contributed by atoms with E-state index in [2.05, 4.69) is 4.98 Å². The standard InChI is InChI=1S/C21H19FN2O3S/c1-26-16-10-13-6-8-24(21(25)14-5-7-23-19(22)11-14)20(18-4-3-9-28-18)15(13)12-17(16)27-2/h3-5,7,9-12,20H,6,8H2,1-2H3/t20-/m0/s1. The van der Waals surface area contributed by atoms with Crippen molar-refractivity contribution in [2.45, 2.75) is 12.5 Å². The zero-order chi connectivity index (χ0) is 19.7. The maximum atomic E-state index is 13.6. The van der Waals surface area contributed by atoms with Gasteiger partial charge in [0.2, 0.25) is 5.95 Å². The Morgan fingerprint density at radius 2 is 2.00 bits per heavy atom. The van der Waals surface area contributed by atoms with Crippen molar-refractivity contribution in [3.63, 3.8) is 0 Å². The number of carbonyl (C=O) groups is 1. The van der Waals surface area contributed by atoms with Crippen molar-refractivity contribution in [1.29, 1.82) is 0 Å². The Bertz CT molecular complexity index is 1010. The number of nitrogens with zero attached hydrogens (tertiary/aromatic N) is 2. The molecule has 0 saturated carbocycles. The fourth-order valence-electron chi connectivity index (χ4n) is 3.62. The average molecular weight is 398 g/mol. The van der Waals surface area contributed by atoms with Crippen LogP contribution in [-0.4, -0.2) is 36.6 Å². The number of methoxy groups -OCH3 is 2. The first kappa shape index (κ1) is 18.4. The van der Waals surface area contributed by atoms with Gasteiger partial charge in [0.25, 0.3) is 5.91 Å². The molecule has 2 aromatic heterocycles. The molecule has 7 heteroatoms. The predicted molar refractivity (Wildman–Crippen MR) is 105 cm³/mol. The number of hydrogen-bond donors (Lipinski definition) is 0. The SMILES string of the molecule is COc1cc2c(cc1OC)[C@@H](c1cccs1)N(C(=O)c1ccnc(F)c1)CC2. The van der Waals surface area contributed by atoms with Gasteiger partial charge in [-0.2, -0.15) is 4.39 Å². The third-order valence-electron chi connectivity index (χ3n) is 4.92. The fraction of sp³-hybridized carbons (Fsp3) is 0.238. The second-order valence-electron chi connectivity index (χ2n) is 6.44. The van der Waals surface area contributed by atoms with Crippen molar-refractivity contribution < 1.29 is 18.7 Å². The molecule has 0 spiro atoms. The first-order valence-electron chi connectivity index (χ1n) is 8.83. The Labute approximate surface area is 166 Å². The summed E-state index contributed by atoms with van der Waals surface area (Å²) in [7, 11) is 3.20. The lowest BCUT2D eigenvalue weighted by Crippen LogP contribution is -2.40. The van der Waals surface area contributed by atoms with Gasteiger partial charge in [0.15, 0.2) is 11.5 Å². The Kier molecular flexibility index (Phi) is 5.00. The lowest BCUT2D eigenvalue weighted by molar-refractivity contribution is 0.0696. The van der Waals surface area contributed by atoms with E-state index < -0.39 is 5.95 Å². The maximum absolute atomic E-state index is 13.6. The van der Waals surface area contributed by atoms with E-state index in [9.17, 15) is 9.18 Å². The van der Waals surface area contributed by atoms with Crippen LogP contribution in [0.15, 0.2) is 48.0 Å². The number of amides is 1. The normalized spacial score (nSPS) is 15.8. The van der Waals surface area contributed by atoms with E-state index in [1.165, 1.54) is 12.3 Å². The molecule has 1 amide bonds. The minimum Gasteiger partial charge on any atom is -0.493 e. The molecule has 0 N–H and O–H groups in total. The number of aromatic nitrogens is 1. The second kappa shape index (κ2) is 7.59. The molecular weight excluding hydrogens is 379 g/mol. The highest BCUT2D eigenvalue weighted by atomic mass is 32.1. The van der Waals surface area contributed by atoms with Crippen molar-refractivity contribution in [3.05, 3.63) is 75.5 Å². The largest absolute Gasteiger partial charge is 0.493 e. The van der Waals surface area contributed by atoms with Gasteiger partial charge in [0, 0.05) is 29.2 Å². The van der Waals surface area contributed by atoms with Gasteiger partial charge >= 0.3 is 0 Å². The Morgan fingerprint density at radius 1 is 1.21 bits per heavy atom. The molecule has 5 nitrogen and oxygen atoms in total. The van der Waals surface area contributed by atoms with E-state index in [0.717, 1.165) is 16.0 Å². The molecule has 1 aliphatic rings. The van der Waals surface area contributed by atoms with Crippen LogP contribution < -0.4 is 9.47 Å². The van der Waals surface area contributed by atoms with Gasteiger partial charge < -0.3 is 14.4 Å². The third kappa shape index (κ3) is 3.22. The maximum Gasteiger partial charge on any atom is 0.254 e. The smallest absolute Gasteiger partial charge is 0.254 e. The van der Waals surface area contributed by atoms with E-state index in [0.29, 0.717) is 24.5 Å². The van der Waals surface area contributed by atoms with Crippen molar-refractivity contribution in [2.75, 3.05) is 20.8 Å². The number of thiophene rings is 1. The van der Waals surface area contributed by atoms with Crippen molar-refractivity contribution in [2.24, 2.45) is 0 Å². The summed E-state index contributed by atoms with van der Waals surface area (Å²) < 4.78 is 24.5. The van der Waals surface area contributed by atoms with Crippen LogP contribution in [0.25, 0.3) is 0 Å². The quantitative estimate of drug-likeness (QED) is 0.621. The highest BCUT2D eigenvalue weighted by Gasteiger charge is 2.34. The summed E-state index contributed by atoms with van der Waals surface area (Å²) in [6.45, 7) is 0.522. The summed E-state index contributed by atoms with van der Waals surface area (Å²) in [4.78, 5) is 19.6. The number of fused-ring (bicyclic) bond motifs is 1. The van der Waals surface area contributed by atoms with Crippen LogP contribution in [0.2, 0.25) is 0 Å². The Morgan fingerprint density at radius 3 is 2.68 bits per heavy atom. The van der Waals surface area contributed by atoms with Crippen molar-refractivity contribution in [3.8, 4) is 11.5 Å². The van der Waals surface area contributed by atoms with E-state index in [-0.39, 0.29) is 17.5 Å². The molecule has 0 aliphatic carbocycles. The number of hydrogen-bond acceptors (Lipinski definition) is 5. The monoisotopic (exact) mass is 398 g/mol. The predicted octanol–water partition coefficient (Wildman–Crippen LogP) is 4.09. The molecule has 3 aromatic rings. The second-order valence-corrected chi connectivity index (χ2v) is 7.42. The highest BCUT2D eigenvalue weighted by Crippen LogP contribution is 2.42. The molecule has 0 fully saturated rings. The number of halogens is 1. The summed E-state index contributed by atoms with van der Waals surface area (Å²) in [6.07, 6.45) is 1.99. The molecule has 4 rings (SSSR count). The van der Waals surface area contributed by atoms with Crippen molar-refractivity contribution in [1.82, 2.24) is 9.88 Å². The van der Waals surface area contributed by atoms with Gasteiger partial charge in [-0.25, -0.2) is 4.98 Å². The topological polar surface area (TPSA) is 51.7 Å². The van der Waals surface area contributed by atoms with E-state index in [1.807, 2.05) is 29.6 Å². The van der Waals surface area contributed by atoms with Crippen LogP contribution in [0.3, 0.4) is 0 Å². The van der Waals surface area contributed by atoms with Gasteiger partial charge in [0.05, 0.1) is 20.3 Å². The van der Waals surface area contributed by atoms with E-state index >= 15 is 0 Å². The zero-order valence-electron chi connectivity index (χ0n) is 15.5. The minimum atomic E-state index is -0.665. The Hall–Kier alpha value is -2.93. The van der Waals surface area contributed by atoms with Gasteiger partial charge in [-0.1, -0.05) is 6.07 Å². The molecule has 1 aliphatic heterocycles. The first-order valence-corrected chi connectivity index (χ1v) is 9.71. The van der Waals surface area contributed by atoms with E-state index in [4.69, 9.17) is 9.47 Å². The fourth-order valence-corrected chi connectivity index (χ4v) is 4.47. The summed E-state index contributed by atoms with van der Waals surface area (Å²) in [6, 6.07) is 10.3. The molecule has 0 saturated heterocycles. The third-order valence-corrected chi connectivity index (χ3v) is 5.85. The zero-order valence-corrected chi connectivity index (χ0v) is 16.3. The molecule has 0 bridgehead atoms. The van der Waals surface area contributed by atoms with Crippen LogP contribution in [-0.2, 0) is 6.42 Å². The lowest BCUT2D eigenvalue weighted by atomic mass is 9.90. The Balaban J connectivity index is 1.82. The molecule has 144 valence electrons. The van der Waals surface area contributed by atoms with Crippen LogP contribution in [0.1, 0.15) is 32.4 Å². The molecule has 28 heavy (non-hydrogen) atoms. The average Bonchev–Trinajstić information content (AvgIpc) is 3.25. The molecule has 1 aromatic carbocycles. The first-order chi connectivity index (χ1) is 13.6. The molecule has 1 atom stereocenters. The summed E-state index contributed by atoms with van der Waals surface area (Å²) in [5.41, 5.74) is 2.40. The molecule has 3 heterocycles. The molecule has 0 radical (unpaired) electrons. The van der Waals surface area contributed by atoms with Gasteiger partial charge in [-0.3, -0.25) is 4.79 Å². The van der Waals surface area contributed by atoms with Gasteiger partial charge in [0.1, 0.15) is 0 Å². The number of ether oxygens (including phenoxy) is 2. The summed E-state index contributed by atoms with van der Waals surface area (Å²) >= 11 is 1.58. The molecule has 0 unspecified atom stereocenters. The minimum absolute atomic E-state index is 0.222. The van der Waals surface area contributed by atoms with Crippen LogP contribution in [0, 0.1) is 5.95 Å². The number of carbonyl (C=O) groups excluding carboxylic acids is 1. The van der Waals surface area contributed by atoms with Crippen LogP contribution in [0.5, 0.6) is 11.5 Å². The summed E-state index contributed by atoms with van der Waals surface area (Å²) in [5.74, 6) is 0.400. The molecular formula is C21H19FN2O3S. The summed E-state index contributed by atoms with van der Waals surface area (Å²) in [5, 5.41) is 1.99.